The zero-order chi connectivity index (χ0) is 20.4. The number of aromatic nitrogens is 1. The van der Waals surface area contributed by atoms with Crippen molar-refractivity contribution in [2.45, 2.75) is 31.9 Å². The average molecular weight is 393 g/mol. The number of benzene rings is 2. The molecule has 2 atom stereocenters. The maximum atomic E-state index is 13.1. The normalized spacial score (nSPS) is 17.9. The molecule has 0 radical (unpaired) electrons. The third-order valence-corrected chi connectivity index (χ3v) is 5.49. The van der Waals surface area contributed by atoms with Gasteiger partial charge < -0.3 is 15.3 Å². The lowest BCUT2D eigenvalue weighted by molar-refractivity contribution is -0.141. The summed E-state index contributed by atoms with van der Waals surface area (Å²) in [4.78, 5) is 18.7. The number of hydrogen-bond acceptors (Lipinski definition) is 4. The van der Waals surface area contributed by atoms with E-state index in [-0.39, 0.29) is 11.9 Å². The van der Waals surface area contributed by atoms with Gasteiger partial charge in [0.15, 0.2) is 6.10 Å². The Kier molecular flexibility index (Phi) is 5.45. The Morgan fingerprint density at radius 1 is 1.24 bits per heavy atom. The van der Waals surface area contributed by atoms with E-state index in [1.165, 1.54) is 24.3 Å². The highest BCUT2D eigenvalue weighted by Crippen LogP contribution is 2.28. The number of carbonyl (C=O) groups is 1. The first-order valence-electron chi connectivity index (χ1n) is 9.85. The lowest BCUT2D eigenvalue weighted by Gasteiger charge is -2.35. The second-order valence-electron chi connectivity index (χ2n) is 7.58. The largest absolute Gasteiger partial charge is 0.380 e. The third-order valence-electron chi connectivity index (χ3n) is 5.49. The van der Waals surface area contributed by atoms with Gasteiger partial charge in [0.05, 0.1) is 0 Å². The molecule has 5 nitrogen and oxygen atoms in total. The topological polar surface area (TPSA) is 65.5 Å². The first kappa shape index (κ1) is 19.3. The van der Waals surface area contributed by atoms with Crippen LogP contribution in [0.2, 0.25) is 0 Å². The van der Waals surface area contributed by atoms with Gasteiger partial charge >= 0.3 is 0 Å². The molecule has 2 heterocycles. The number of carbonyl (C=O) groups excluding carboxylic acids is 1. The second kappa shape index (κ2) is 8.17. The van der Waals surface area contributed by atoms with Crippen LogP contribution in [0.5, 0.6) is 0 Å². The molecule has 1 aliphatic rings. The minimum absolute atomic E-state index is 0.0892. The maximum Gasteiger partial charge on any atom is 0.256 e. The van der Waals surface area contributed by atoms with Crippen LogP contribution in [0.3, 0.4) is 0 Å². The van der Waals surface area contributed by atoms with Crippen molar-refractivity contribution in [1.29, 1.82) is 0 Å². The smallest absolute Gasteiger partial charge is 0.256 e. The Balaban J connectivity index is 1.49. The molecule has 0 bridgehead atoms. The molecule has 1 aromatic heterocycles. The molecule has 150 valence electrons. The van der Waals surface area contributed by atoms with E-state index in [9.17, 15) is 14.3 Å². The fourth-order valence-electron chi connectivity index (χ4n) is 4.01. The zero-order valence-electron chi connectivity index (χ0n) is 16.3. The van der Waals surface area contributed by atoms with E-state index in [1.54, 1.807) is 4.90 Å². The quantitative estimate of drug-likeness (QED) is 0.707. The summed E-state index contributed by atoms with van der Waals surface area (Å²) in [5, 5.41) is 16.2. The van der Waals surface area contributed by atoms with Crippen LogP contribution < -0.4 is 5.32 Å². The highest BCUT2D eigenvalue weighted by atomic mass is 19.1. The van der Waals surface area contributed by atoms with Gasteiger partial charge in [0, 0.05) is 48.0 Å². The molecule has 3 aromatic rings. The van der Waals surface area contributed by atoms with Crippen LogP contribution in [-0.2, 0) is 4.79 Å². The number of hydrogen-bond donors (Lipinski definition) is 2. The standard InChI is InChI=1S/C23H24FN3O2/c1-15-12-25-13-17-4-2-6-20(21(15)17)26-19-5-3-11-27(14-19)23(29)22(28)16-7-9-18(24)10-8-16/h2,4,6-10,12-13,19,22,26,28H,3,5,11,14H2,1H3. The van der Waals surface area contributed by atoms with Crippen LogP contribution >= 0.6 is 0 Å². The Morgan fingerprint density at radius 2 is 2.03 bits per heavy atom. The summed E-state index contributed by atoms with van der Waals surface area (Å²) in [6, 6.07) is 11.6. The van der Waals surface area contributed by atoms with Crippen molar-refractivity contribution in [2.24, 2.45) is 0 Å². The summed E-state index contributed by atoms with van der Waals surface area (Å²) in [6.45, 7) is 3.15. The van der Waals surface area contributed by atoms with E-state index >= 15 is 0 Å². The van der Waals surface area contributed by atoms with Crippen molar-refractivity contribution in [3.8, 4) is 0 Å². The molecule has 1 fully saturated rings. The Bertz CT molecular complexity index is 1020. The van der Waals surface area contributed by atoms with Crippen LogP contribution in [0.4, 0.5) is 10.1 Å². The number of nitrogens with zero attached hydrogens (tertiary/aromatic N) is 2. The summed E-state index contributed by atoms with van der Waals surface area (Å²) >= 11 is 0. The Labute approximate surface area is 169 Å². The number of fused-ring (bicyclic) bond motifs is 1. The maximum absolute atomic E-state index is 13.1. The van der Waals surface area contributed by atoms with Crippen LogP contribution in [-0.4, -0.2) is 40.0 Å². The SMILES string of the molecule is Cc1cncc2cccc(NC3CCCN(C(=O)C(O)c4ccc(F)cc4)C3)c12. The van der Waals surface area contributed by atoms with Gasteiger partial charge in [0.1, 0.15) is 5.82 Å². The van der Waals surface area contributed by atoms with Crippen molar-refractivity contribution >= 4 is 22.4 Å². The molecule has 4 rings (SSSR count). The number of aryl methyl sites for hydroxylation is 1. The molecule has 2 unspecified atom stereocenters. The fraction of sp³-hybridized carbons (Fsp3) is 0.304. The fourth-order valence-corrected chi connectivity index (χ4v) is 4.01. The van der Waals surface area contributed by atoms with Gasteiger partial charge in [-0.3, -0.25) is 9.78 Å². The monoisotopic (exact) mass is 393 g/mol. The highest BCUT2D eigenvalue weighted by Gasteiger charge is 2.29. The van der Waals surface area contributed by atoms with E-state index < -0.39 is 11.9 Å². The molecule has 1 amide bonds. The second-order valence-corrected chi connectivity index (χ2v) is 7.58. The van der Waals surface area contributed by atoms with E-state index in [1.807, 2.05) is 37.5 Å². The minimum atomic E-state index is -1.28. The van der Waals surface area contributed by atoms with E-state index in [0.29, 0.717) is 18.7 Å². The first-order chi connectivity index (χ1) is 14.0. The van der Waals surface area contributed by atoms with Crippen molar-refractivity contribution in [3.05, 3.63) is 71.8 Å². The number of rotatable bonds is 4. The van der Waals surface area contributed by atoms with Gasteiger partial charge in [-0.2, -0.15) is 0 Å². The number of piperidine rings is 1. The van der Waals surface area contributed by atoms with Crippen molar-refractivity contribution in [2.75, 3.05) is 18.4 Å². The molecule has 0 spiro atoms. The number of anilines is 1. The summed E-state index contributed by atoms with van der Waals surface area (Å²) in [5.41, 5.74) is 2.53. The highest BCUT2D eigenvalue weighted by molar-refractivity contribution is 5.95. The Morgan fingerprint density at radius 3 is 2.83 bits per heavy atom. The molecule has 29 heavy (non-hydrogen) atoms. The van der Waals surface area contributed by atoms with Crippen LogP contribution in [0.25, 0.3) is 10.8 Å². The van der Waals surface area contributed by atoms with Crippen molar-refractivity contribution < 1.29 is 14.3 Å². The van der Waals surface area contributed by atoms with Gasteiger partial charge in [-0.05, 0) is 49.1 Å². The number of pyridine rings is 1. The summed E-state index contributed by atoms with van der Waals surface area (Å²) in [7, 11) is 0. The van der Waals surface area contributed by atoms with Gasteiger partial charge in [0.25, 0.3) is 5.91 Å². The molecule has 0 aliphatic carbocycles. The Hall–Kier alpha value is -2.99. The van der Waals surface area contributed by atoms with Crippen LogP contribution in [0.1, 0.15) is 30.1 Å². The molecule has 6 heteroatoms. The zero-order valence-corrected chi connectivity index (χ0v) is 16.3. The molecule has 0 saturated carbocycles. The molecule has 2 N–H and O–H groups in total. The average Bonchev–Trinajstić information content (AvgIpc) is 2.74. The minimum Gasteiger partial charge on any atom is -0.380 e. The number of nitrogens with one attached hydrogen (secondary N) is 1. The number of aliphatic hydroxyl groups excluding tert-OH is 1. The number of amides is 1. The van der Waals surface area contributed by atoms with Crippen LogP contribution in [0.15, 0.2) is 54.9 Å². The van der Waals surface area contributed by atoms with E-state index in [2.05, 4.69) is 10.3 Å². The molecule has 2 aromatic carbocycles. The van der Waals surface area contributed by atoms with Gasteiger partial charge in [-0.15, -0.1) is 0 Å². The van der Waals surface area contributed by atoms with E-state index in [0.717, 1.165) is 34.9 Å². The van der Waals surface area contributed by atoms with Crippen molar-refractivity contribution in [1.82, 2.24) is 9.88 Å². The van der Waals surface area contributed by atoms with Crippen molar-refractivity contribution in [3.63, 3.8) is 0 Å². The summed E-state index contributed by atoms with van der Waals surface area (Å²) in [5.74, 6) is -0.738. The van der Waals surface area contributed by atoms with Gasteiger partial charge in [-0.1, -0.05) is 24.3 Å². The van der Waals surface area contributed by atoms with Gasteiger partial charge in [-0.25, -0.2) is 4.39 Å². The third kappa shape index (κ3) is 4.07. The lowest BCUT2D eigenvalue weighted by Crippen LogP contribution is -2.46. The molecule has 1 aliphatic heterocycles. The summed E-state index contributed by atoms with van der Waals surface area (Å²) in [6.07, 6.45) is 4.22. The lowest BCUT2D eigenvalue weighted by atomic mass is 10.0. The predicted molar refractivity (Wildman–Crippen MR) is 111 cm³/mol. The molecular weight excluding hydrogens is 369 g/mol. The first-order valence-corrected chi connectivity index (χ1v) is 9.85. The molecule has 1 saturated heterocycles. The molecular formula is C23H24FN3O2. The number of aliphatic hydroxyl groups is 1. The van der Waals surface area contributed by atoms with E-state index in [4.69, 9.17) is 0 Å². The number of halogens is 1. The predicted octanol–water partition coefficient (Wildman–Crippen LogP) is 3.82. The van der Waals surface area contributed by atoms with Gasteiger partial charge in [0.2, 0.25) is 0 Å². The summed E-state index contributed by atoms with van der Waals surface area (Å²) < 4.78 is 13.1. The number of likely N-dealkylation sites (tertiary alicyclic amines) is 1. The van der Waals surface area contributed by atoms with Crippen LogP contribution in [0, 0.1) is 12.7 Å².